The van der Waals surface area contributed by atoms with Gasteiger partial charge in [-0.2, -0.15) is 0 Å². The molecule has 0 heterocycles. The second kappa shape index (κ2) is 3.54. The SMILES string of the molecule is C[I-]c1cccc2c(N)cccc12. The van der Waals surface area contributed by atoms with E-state index >= 15 is 0 Å². The fourth-order valence-electron chi connectivity index (χ4n) is 1.46. The summed E-state index contributed by atoms with van der Waals surface area (Å²) in [5.74, 6) is 0. The van der Waals surface area contributed by atoms with Crippen LogP contribution >= 0.6 is 0 Å². The van der Waals surface area contributed by atoms with Gasteiger partial charge in [0.25, 0.3) is 0 Å². The van der Waals surface area contributed by atoms with Crippen molar-refractivity contribution < 1.29 is 21.2 Å². The molecule has 13 heavy (non-hydrogen) atoms. The first-order valence-corrected chi connectivity index (χ1v) is 7.33. The van der Waals surface area contributed by atoms with E-state index in [1.54, 1.807) is 0 Å². The standard InChI is InChI=1S/C11H11IN/c1-12-10-6-2-5-9-8(10)4-3-7-11(9)13/h2-7H,13H2,1H3/q-1. The molecule has 2 N–H and O–H groups in total. The Balaban J connectivity index is 2.84. The number of nitrogen functional groups attached to an aromatic ring is 1. The number of nitrogens with two attached hydrogens (primary N) is 1. The molecule has 2 aromatic carbocycles. The molecule has 2 heteroatoms. The fourth-order valence-corrected chi connectivity index (χ4v) is 3.08. The van der Waals surface area contributed by atoms with Gasteiger partial charge < -0.3 is 0 Å². The molecule has 0 fully saturated rings. The van der Waals surface area contributed by atoms with Crippen molar-refractivity contribution in [3.63, 3.8) is 0 Å². The molecule has 0 amide bonds. The van der Waals surface area contributed by atoms with E-state index in [9.17, 15) is 0 Å². The van der Waals surface area contributed by atoms with Crippen LogP contribution in [0.25, 0.3) is 10.8 Å². The van der Waals surface area contributed by atoms with Gasteiger partial charge in [0.05, 0.1) is 0 Å². The van der Waals surface area contributed by atoms with Crippen LogP contribution in [0.5, 0.6) is 0 Å². The third-order valence-electron chi connectivity index (χ3n) is 2.11. The van der Waals surface area contributed by atoms with Crippen LogP contribution < -0.4 is 26.9 Å². The van der Waals surface area contributed by atoms with Gasteiger partial charge in [0, 0.05) is 0 Å². The Kier molecular flexibility index (Phi) is 2.40. The average molecular weight is 284 g/mol. The maximum absolute atomic E-state index is 5.89. The third-order valence-corrected chi connectivity index (χ3v) is 4.21. The first-order valence-electron chi connectivity index (χ1n) is 4.09. The van der Waals surface area contributed by atoms with Gasteiger partial charge in [-0.1, -0.05) is 0 Å². The van der Waals surface area contributed by atoms with Crippen molar-refractivity contribution in [2.24, 2.45) is 0 Å². The van der Waals surface area contributed by atoms with Crippen molar-refractivity contribution in [2.75, 3.05) is 10.7 Å². The summed E-state index contributed by atoms with van der Waals surface area (Å²) in [6.45, 7) is 0. The molecular formula is C11H11IN-. The van der Waals surface area contributed by atoms with Gasteiger partial charge >= 0.3 is 88.3 Å². The quantitative estimate of drug-likeness (QED) is 0.419. The molecule has 0 bridgehead atoms. The molecule has 0 aromatic heterocycles. The number of rotatable bonds is 1. The summed E-state index contributed by atoms with van der Waals surface area (Å²) in [6, 6.07) is 12.5. The normalized spacial score (nSPS) is 10.8. The summed E-state index contributed by atoms with van der Waals surface area (Å²) >= 11 is 0.139. The minimum atomic E-state index is 0.139. The molecule has 2 rings (SSSR count). The average Bonchev–Trinajstić information content (AvgIpc) is 2.18. The Morgan fingerprint density at radius 3 is 2.46 bits per heavy atom. The molecule has 0 aliphatic carbocycles. The fraction of sp³-hybridized carbons (Fsp3) is 0.0909. The van der Waals surface area contributed by atoms with Crippen molar-refractivity contribution in [3.05, 3.63) is 40.0 Å². The van der Waals surface area contributed by atoms with Crippen LogP contribution in [0.2, 0.25) is 0 Å². The Bertz CT molecular complexity index is 437. The van der Waals surface area contributed by atoms with Crippen molar-refractivity contribution in [1.82, 2.24) is 0 Å². The molecule has 1 nitrogen and oxygen atoms in total. The van der Waals surface area contributed by atoms with E-state index in [0.29, 0.717) is 0 Å². The minimum absolute atomic E-state index is 0.139. The number of halogens is 1. The van der Waals surface area contributed by atoms with Gasteiger partial charge in [0.15, 0.2) is 0 Å². The van der Waals surface area contributed by atoms with Crippen molar-refractivity contribution in [1.29, 1.82) is 0 Å². The van der Waals surface area contributed by atoms with Crippen LogP contribution in [0.3, 0.4) is 0 Å². The van der Waals surface area contributed by atoms with E-state index in [1.165, 1.54) is 14.3 Å². The number of hydrogen-bond acceptors (Lipinski definition) is 1. The molecule has 0 aliphatic heterocycles. The molecule has 68 valence electrons. The predicted octanol–water partition coefficient (Wildman–Crippen LogP) is -0.690. The van der Waals surface area contributed by atoms with Gasteiger partial charge in [0.2, 0.25) is 0 Å². The molecule has 0 spiro atoms. The van der Waals surface area contributed by atoms with Crippen LogP contribution in [0.1, 0.15) is 0 Å². The number of alkyl halides is 1. The monoisotopic (exact) mass is 284 g/mol. The number of benzene rings is 2. The van der Waals surface area contributed by atoms with Crippen LogP contribution in [0, 0.1) is 3.57 Å². The first-order chi connectivity index (χ1) is 6.33. The van der Waals surface area contributed by atoms with Crippen LogP contribution in [-0.4, -0.2) is 4.93 Å². The second-order valence-corrected chi connectivity index (χ2v) is 5.11. The van der Waals surface area contributed by atoms with Crippen molar-refractivity contribution in [2.45, 2.75) is 0 Å². The Morgan fingerprint density at radius 2 is 1.69 bits per heavy atom. The van der Waals surface area contributed by atoms with E-state index in [4.69, 9.17) is 5.73 Å². The summed E-state index contributed by atoms with van der Waals surface area (Å²) in [4.78, 5) is 2.27. The Morgan fingerprint density at radius 1 is 1.00 bits per heavy atom. The third kappa shape index (κ3) is 1.50. The van der Waals surface area contributed by atoms with Gasteiger partial charge in [-0.25, -0.2) is 0 Å². The Hall–Kier alpha value is -0.770. The van der Waals surface area contributed by atoms with Crippen LogP contribution in [0.15, 0.2) is 36.4 Å². The summed E-state index contributed by atoms with van der Waals surface area (Å²) in [6.07, 6.45) is 0. The summed E-state index contributed by atoms with van der Waals surface area (Å²) < 4.78 is 1.48. The maximum atomic E-state index is 5.89. The molecule has 2 aromatic rings. The molecule has 0 aliphatic rings. The molecule has 0 saturated heterocycles. The summed E-state index contributed by atoms with van der Waals surface area (Å²) in [7, 11) is 0. The van der Waals surface area contributed by atoms with Crippen molar-refractivity contribution in [3.8, 4) is 0 Å². The number of hydrogen-bond donors (Lipinski definition) is 1. The molecular weight excluding hydrogens is 273 g/mol. The summed E-state index contributed by atoms with van der Waals surface area (Å²) in [5.41, 5.74) is 6.78. The zero-order valence-electron chi connectivity index (χ0n) is 7.42. The first kappa shape index (κ1) is 8.81. The zero-order chi connectivity index (χ0) is 9.26. The van der Waals surface area contributed by atoms with Gasteiger partial charge in [-0.05, 0) is 0 Å². The van der Waals surface area contributed by atoms with E-state index in [1.807, 2.05) is 12.1 Å². The van der Waals surface area contributed by atoms with E-state index in [2.05, 4.69) is 29.2 Å². The van der Waals surface area contributed by atoms with Gasteiger partial charge in [0.1, 0.15) is 0 Å². The number of anilines is 1. The zero-order valence-corrected chi connectivity index (χ0v) is 9.58. The molecule has 0 atom stereocenters. The summed E-state index contributed by atoms with van der Waals surface area (Å²) in [5, 5.41) is 2.53. The second-order valence-electron chi connectivity index (χ2n) is 2.87. The van der Waals surface area contributed by atoms with E-state index < -0.39 is 0 Å². The van der Waals surface area contributed by atoms with Gasteiger partial charge in [-0.15, -0.1) is 0 Å². The molecule has 0 unspecified atom stereocenters. The van der Waals surface area contributed by atoms with Crippen molar-refractivity contribution >= 4 is 16.5 Å². The van der Waals surface area contributed by atoms with Crippen LogP contribution in [0.4, 0.5) is 5.69 Å². The molecule has 0 saturated carbocycles. The topological polar surface area (TPSA) is 26.0 Å². The number of fused-ring (bicyclic) bond motifs is 1. The Labute approximate surface area is 88.2 Å². The van der Waals surface area contributed by atoms with Gasteiger partial charge in [-0.3, -0.25) is 0 Å². The predicted molar refractivity (Wildman–Crippen MR) is 53.0 cm³/mol. The van der Waals surface area contributed by atoms with E-state index in [-0.39, 0.29) is 21.2 Å². The van der Waals surface area contributed by atoms with Crippen LogP contribution in [-0.2, 0) is 0 Å². The van der Waals surface area contributed by atoms with E-state index in [0.717, 1.165) is 5.69 Å². The molecule has 0 radical (unpaired) electrons.